The molecule has 1 aromatic carbocycles. The molecule has 0 aliphatic rings. The molecule has 1 heteroatoms. The summed E-state index contributed by atoms with van der Waals surface area (Å²) in [5.74, 6) is 0.345. The first-order valence-corrected chi connectivity index (χ1v) is 5.96. The Hall–Kier alpha value is -0.980. The van der Waals surface area contributed by atoms with Crippen LogP contribution in [-0.4, -0.2) is 5.11 Å². The Morgan fingerprint density at radius 1 is 0.938 bits per heavy atom. The Morgan fingerprint density at radius 2 is 1.44 bits per heavy atom. The third-order valence-electron chi connectivity index (χ3n) is 2.63. The van der Waals surface area contributed by atoms with E-state index in [1.165, 1.54) is 12.0 Å². The average Bonchev–Trinajstić information content (AvgIpc) is 2.04. The van der Waals surface area contributed by atoms with E-state index in [0.29, 0.717) is 16.6 Å². The molecule has 0 radical (unpaired) electrons. The maximum Gasteiger partial charge on any atom is 0.115 e. The predicted molar refractivity (Wildman–Crippen MR) is 69.7 cm³/mol. The van der Waals surface area contributed by atoms with Crippen molar-refractivity contribution < 1.29 is 5.11 Å². The van der Waals surface area contributed by atoms with E-state index in [9.17, 15) is 5.11 Å². The summed E-state index contributed by atoms with van der Waals surface area (Å²) in [6.45, 7) is 11.5. The molecule has 0 amide bonds. The molecule has 0 atom stereocenters. The van der Waals surface area contributed by atoms with Crippen molar-refractivity contribution in [2.75, 3.05) is 0 Å². The number of phenols is 1. The van der Waals surface area contributed by atoms with Gasteiger partial charge in [0.05, 0.1) is 0 Å². The number of benzene rings is 1. The van der Waals surface area contributed by atoms with Gasteiger partial charge in [-0.25, -0.2) is 0 Å². The molecule has 1 N–H and O–H groups in total. The zero-order valence-electron chi connectivity index (χ0n) is 11.2. The monoisotopic (exact) mass is 220 g/mol. The molecule has 1 rings (SSSR count). The maximum absolute atomic E-state index is 9.24. The second-order valence-electron chi connectivity index (χ2n) is 6.74. The van der Waals surface area contributed by atoms with Crippen molar-refractivity contribution in [2.24, 2.45) is 10.8 Å². The Bertz CT molecular complexity index is 327. The van der Waals surface area contributed by atoms with E-state index in [0.717, 1.165) is 6.42 Å². The van der Waals surface area contributed by atoms with E-state index in [2.05, 4.69) is 34.6 Å². The molecule has 0 saturated heterocycles. The highest BCUT2D eigenvalue weighted by Crippen LogP contribution is 2.35. The first kappa shape index (κ1) is 13.1. The zero-order chi connectivity index (χ0) is 12.4. The fraction of sp³-hybridized carbons (Fsp3) is 0.600. The van der Waals surface area contributed by atoms with Gasteiger partial charge in [0.1, 0.15) is 5.75 Å². The average molecular weight is 220 g/mol. The summed E-state index contributed by atoms with van der Waals surface area (Å²) in [6.07, 6.45) is 2.26. The van der Waals surface area contributed by atoms with Crippen LogP contribution in [0.15, 0.2) is 24.3 Å². The quantitative estimate of drug-likeness (QED) is 0.800. The first-order chi connectivity index (χ1) is 7.18. The van der Waals surface area contributed by atoms with E-state index in [-0.39, 0.29) is 0 Å². The second kappa shape index (κ2) is 4.48. The smallest absolute Gasteiger partial charge is 0.115 e. The van der Waals surface area contributed by atoms with Crippen molar-refractivity contribution in [3.05, 3.63) is 29.8 Å². The summed E-state index contributed by atoms with van der Waals surface area (Å²) in [7, 11) is 0. The van der Waals surface area contributed by atoms with Gasteiger partial charge in [0.15, 0.2) is 0 Å². The fourth-order valence-corrected chi connectivity index (χ4v) is 2.66. The van der Waals surface area contributed by atoms with Crippen LogP contribution in [0.25, 0.3) is 0 Å². The Balaban J connectivity index is 2.69. The minimum absolute atomic E-state index is 0.301. The molecule has 0 aliphatic carbocycles. The zero-order valence-corrected chi connectivity index (χ0v) is 11.2. The minimum atomic E-state index is 0.301. The molecule has 0 unspecified atom stereocenters. The molecule has 0 spiro atoms. The van der Waals surface area contributed by atoms with Gasteiger partial charge in [-0.1, -0.05) is 46.8 Å². The Morgan fingerprint density at radius 3 is 1.88 bits per heavy atom. The third kappa shape index (κ3) is 4.69. The summed E-state index contributed by atoms with van der Waals surface area (Å²) in [5, 5.41) is 9.24. The second-order valence-corrected chi connectivity index (χ2v) is 6.74. The first-order valence-electron chi connectivity index (χ1n) is 5.96. The molecule has 0 aliphatic heterocycles. The van der Waals surface area contributed by atoms with E-state index in [4.69, 9.17) is 0 Å². The van der Waals surface area contributed by atoms with Gasteiger partial charge in [0.2, 0.25) is 0 Å². The molecule has 0 bridgehead atoms. The lowest BCUT2D eigenvalue weighted by molar-refractivity contribution is 0.211. The lowest BCUT2D eigenvalue weighted by atomic mass is 9.73. The SMILES string of the molecule is CC(C)(C)CC(C)(C)Cc1ccc(O)cc1. The lowest BCUT2D eigenvalue weighted by Gasteiger charge is -2.32. The van der Waals surface area contributed by atoms with Crippen LogP contribution in [0.1, 0.15) is 46.6 Å². The highest BCUT2D eigenvalue weighted by molar-refractivity contribution is 5.26. The van der Waals surface area contributed by atoms with Gasteiger partial charge in [0.25, 0.3) is 0 Å². The van der Waals surface area contributed by atoms with Crippen molar-refractivity contribution in [1.82, 2.24) is 0 Å². The van der Waals surface area contributed by atoms with Gasteiger partial charge in [-0.05, 0) is 41.4 Å². The number of aromatic hydroxyl groups is 1. The van der Waals surface area contributed by atoms with Crippen LogP contribution in [0.4, 0.5) is 0 Å². The van der Waals surface area contributed by atoms with E-state index >= 15 is 0 Å². The molecule has 90 valence electrons. The summed E-state index contributed by atoms with van der Waals surface area (Å²) in [4.78, 5) is 0. The summed E-state index contributed by atoms with van der Waals surface area (Å²) < 4.78 is 0. The van der Waals surface area contributed by atoms with E-state index < -0.39 is 0 Å². The van der Waals surface area contributed by atoms with E-state index in [1.807, 2.05) is 12.1 Å². The molecule has 1 nitrogen and oxygen atoms in total. The number of hydrogen-bond donors (Lipinski definition) is 1. The summed E-state index contributed by atoms with van der Waals surface area (Å²) >= 11 is 0. The fourth-order valence-electron chi connectivity index (χ4n) is 2.66. The summed E-state index contributed by atoms with van der Waals surface area (Å²) in [5.41, 5.74) is 1.96. The van der Waals surface area contributed by atoms with Crippen molar-refractivity contribution in [3.63, 3.8) is 0 Å². The van der Waals surface area contributed by atoms with Gasteiger partial charge in [-0.2, -0.15) is 0 Å². The molecule has 0 saturated carbocycles. The van der Waals surface area contributed by atoms with Crippen LogP contribution in [0, 0.1) is 10.8 Å². The van der Waals surface area contributed by atoms with E-state index in [1.54, 1.807) is 12.1 Å². The predicted octanol–water partition coefficient (Wildman–Crippen LogP) is 4.40. The molecular weight excluding hydrogens is 196 g/mol. The van der Waals surface area contributed by atoms with Crippen LogP contribution in [0.3, 0.4) is 0 Å². The van der Waals surface area contributed by atoms with Gasteiger partial charge in [0, 0.05) is 0 Å². The van der Waals surface area contributed by atoms with Gasteiger partial charge in [-0.15, -0.1) is 0 Å². The number of rotatable bonds is 3. The van der Waals surface area contributed by atoms with Crippen molar-refractivity contribution in [2.45, 2.75) is 47.5 Å². The molecule has 1 aromatic rings. The minimum Gasteiger partial charge on any atom is -0.508 e. The van der Waals surface area contributed by atoms with Crippen molar-refractivity contribution in [1.29, 1.82) is 0 Å². The number of hydrogen-bond acceptors (Lipinski definition) is 1. The maximum atomic E-state index is 9.24. The van der Waals surface area contributed by atoms with Gasteiger partial charge in [-0.3, -0.25) is 0 Å². The molecule has 0 aromatic heterocycles. The third-order valence-corrected chi connectivity index (χ3v) is 2.63. The Kier molecular flexibility index (Phi) is 3.67. The summed E-state index contributed by atoms with van der Waals surface area (Å²) in [6, 6.07) is 7.56. The lowest BCUT2D eigenvalue weighted by Crippen LogP contribution is -2.22. The highest BCUT2D eigenvalue weighted by Gasteiger charge is 2.25. The normalized spacial score (nSPS) is 12.8. The highest BCUT2D eigenvalue weighted by atomic mass is 16.3. The van der Waals surface area contributed by atoms with Crippen LogP contribution in [-0.2, 0) is 6.42 Å². The van der Waals surface area contributed by atoms with Crippen molar-refractivity contribution in [3.8, 4) is 5.75 Å². The van der Waals surface area contributed by atoms with Gasteiger partial charge >= 0.3 is 0 Å². The molecular formula is C15H24O. The molecule has 16 heavy (non-hydrogen) atoms. The molecule has 0 heterocycles. The largest absolute Gasteiger partial charge is 0.508 e. The van der Waals surface area contributed by atoms with Gasteiger partial charge < -0.3 is 5.11 Å². The van der Waals surface area contributed by atoms with Crippen LogP contribution < -0.4 is 0 Å². The Labute approximate surface area is 99.5 Å². The van der Waals surface area contributed by atoms with Crippen LogP contribution >= 0.6 is 0 Å². The molecule has 0 fully saturated rings. The van der Waals surface area contributed by atoms with Crippen molar-refractivity contribution >= 4 is 0 Å². The number of phenolic OH excluding ortho intramolecular Hbond substituents is 1. The van der Waals surface area contributed by atoms with Crippen LogP contribution in [0.2, 0.25) is 0 Å². The topological polar surface area (TPSA) is 20.2 Å². The standard InChI is InChI=1S/C15H24O/c1-14(2,3)11-15(4,5)10-12-6-8-13(16)9-7-12/h6-9,16H,10-11H2,1-5H3. The van der Waals surface area contributed by atoms with Crippen LogP contribution in [0.5, 0.6) is 5.75 Å².